The Balaban J connectivity index is 2.04. The number of aromatic nitrogens is 2. The van der Waals surface area contributed by atoms with E-state index in [1.165, 1.54) is 0 Å². The summed E-state index contributed by atoms with van der Waals surface area (Å²) in [4.78, 5) is 6.08. The third-order valence-corrected chi connectivity index (χ3v) is 5.68. The average molecular weight is 272 g/mol. The van der Waals surface area contributed by atoms with Crippen molar-refractivity contribution in [2.45, 2.75) is 24.8 Å². The summed E-state index contributed by atoms with van der Waals surface area (Å²) in [6.45, 7) is 0.558. The maximum Gasteiger partial charge on any atom is 0.265 e. The molecule has 2 fully saturated rings. The molecule has 0 aromatic carbocycles. The maximum absolute atomic E-state index is 12.0. The molecule has 2 aliphatic heterocycles. The van der Waals surface area contributed by atoms with Gasteiger partial charge in [0.1, 0.15) is 5.54 Å². The first kappa shape index (κ1) is 11.9. The van der Waals surface area contributed by atoms with Gasteiger partial charge in [-0.3, -0.25) is 0 Å². The van der Waals surface area contributed by atoms with E-state index in [1.807, 2.05) is 14.1 Å². The van der Waals surface area contributed by atoms with Gasteiger partial charge in [0.05, 0.1) is 5.75 Å². The summed E-state index contributed by atoms with van der Waals surface area (Å²) in [5.41, 5.74) is -0.583. The van der Waals surface area contributed by atoms with Crippen molar-refractivity contribution in [1.82, 2.24) is 14.4 Å². The zero-order chi connectivity index (χ0) is 13.0. The lowest BCUT2D eigenvalue weighted by atomic mass is 9.94. The summed E-state index contributed by atoms with van der Waals surface area (Å²) in [5.74, 6) is 1.09. The Morgan fingerprint density at radius 2 is 2.17 bits per heavy atom. The van der Waals surface area contributed by atoms with Gasteiger partial charge in [0, 0.05) is 20.6 Å². The van der Waals surface area contributed by atoms with Crippen molar-refractivity contribution in [3.05, 3.63) is 5.89 Å². The molecule has 1 aromatic rings. The van der Waals surface area contributed by atoms with Crippen molar-refractivity contribution in [3.8, 4) is 0 Å². The molecule has 1 unspecified atom stereocenters. The second-order valence-electron chi connectivity index (χ2n) is 5.07. The predicted molar refractivity (Wildman–Crippen MR) is 64.6 cm³/mol. The van der Waals surface area contributed by atoms with Crippen LogP contribution in [0.1, 0.15) is 25.2 Å². The van der Waals surface area contributed by atoms with E-state index in [1.54, 1.807) is 9.21 Å². The highest BCUT2D eigenvalue weighted by molar-refractivity contribution is 7.89. The van der Waals surface area contributed by atoms with Crippen LogP contribution in [0.4, 0.5) is 5.95 Å². The number of rotatable bonds is 2. The zero-order valence-electron chi connectivity index (χ0n) is 10.5. The molecule has 0 bridgehead atoms. The first-order valence-corrected chi connectivity index (χ1v) is 7.59. The van der Waals surface area contributed by atoms with Crippen LogP contribution in [-0.4, -0.2) is 49.3 Å². The van der Waals surface area contributed by atoms with E-state index in [-0.39, 0.29) is 5.75 Å². The van der Waals surface area contributed by atoms with Crippen molar-refractivity contribution in [1.29, 1.82) is 0 Å². The van der Waals surface area contributed by atoms with Crippen molar-refractivity contribution >= 4 is 16.0 Å². The second-order valence-corrected chi connectivity index (χ2v) is 7.08. The highest BCUT2D eigenvalue weighted by Crippen LogP contribution is 2.47. The Morgan fingerprint density at radius 1 is 1.39 bits per heavy atom. The normalized spacial score (nSPS) is 30.6. The fourth-order valence-electron chi connectivity index (χ4n) is 2.82. The SMILES string of the molecule is CN(C)c1noc(C23CCCN2S(=O)(=O)CC3)n1. The fourth-order valence-corrected chi connectivity index (χ4v) is 4.84. The summed E-state index contributed by atoms with van der Waals surface area (Å²) in [5, 5.41) is 3.88. The molecule has 0 aliphatic carbocycles. The Morgan fingerprint density at radius 3 is 2.83 bits per heavy atom. The quantitative estimate of drug-likeness (QED) is 0.763. The number of hydrogen-bond acceptors (Lipinski definition) is 6. The van der Waals surface area contributed by atoms with E-state index in [0.29, 0.717) is 24.8 Å². The molecule has 2 saturated heterocycles. The molecule has 0 amide bonds. The van der Waals surface area contributed by atoms with Crippen LogP contribution in [0.5, 0.6) is 0 Å². The summed E-state index contributed by atoms with van der Waals surface area (Å²) < 4.78 is 30.8. The number of sulfonamides is 1. The van der Waals surface area contributed by atoms with Crippen LogP contribution in [-0.2, 0) is 15.6 Å². The lowest BCUT2D eigenvalue weighted by Crippen LogP contribution is -2.38. The van der Waals surface area contributed by atoms with E-state index in [9.17, 15) is 8.42 Å². The molecule has 1 aromatic heterocycles. The van der Waals surface area contributed by atoms with Gasteiger partial charge in [0.25, 0.3) is 5.95 Å². The average Bonchev–Trinajstić information content (AvgIpc) is 2.96. The lowest BCUT2D eigenvalue weighted by Gasteiger charge is -2.25. The second kappa shape index (κ2) is 3.67. The van der Waals surface area contributed by atoms with Crippen LogP contribution in [0.15, 0.2) is 4.52 Å². The van der Waals surface area contributed by atoms with Crippen LogP contribution in [0.2, 0.25) is 0 Å². The minimum absolute atomic E-state index is 0.173. The van der Waals surface area contributed by atoms with Crippen molar-refractivity contribution in [3.63, 3.8) is 0 Å². The van der Waals surface area contributed by atoms with Crippen molar-refractivity contribution < 1.29 is 12.9 Å². The van der Waals surface area contributed by atoms with Crippen molar-refractivity contribution in [2.24, 2.45) is 0 Å². The summed E-state index contributed by atoms with van der Waals surface area (Å²) in [7, 11) is 0.498. The molecule has 0 saturated carbocycles. The first-order chi connectivity index (χ1) is 8.46. The molecular formula is C10H16N4O3S. The van der Waals surface area contributed by atoms with Crippen LogP contribution in [0.3, 0.4) is 0 Å². The molecule has 18 heavy (non-hydrogen) atoms. The first-order valence-electron chi connectivity index (χ1n) is 5.98. The smallest absolute Gasteiger partial charge is 0.265 e. The topological polar surface area (TPSA) is 79.5 Å². The molecule has 3 heterocycles. The van der Waals surface area contributed by atoms with E-state index in [4.69, 9.17) is 4.52 Å². The fraction of sp³-hybridized carbons (Fsp3) is 0.800. The van der Waals surface area contributed by atoms with Crippen molar-refractivity contribution in [2.75, 3.05) is 31.3 Å². The zero-order valence-corrected chi connectivity index (χ0v) is 11.3. The van der Waals surface area contributed by atoms with Gasteiger partial charge in [-0.2, -0.15) is 9.29 Å². The number of fused-ring (bicyclic) bond motifs is 1. The third kappa shape index (κ3) is 1.48. The number of anilines is 1. The van der Waals surface area contributed by atoms with Crippen LogP contribution >= 0.6 is 0 Å². The molecule has 0 radical (unpaired) electrons. The van der Waals surface area contributed by atoms with Gasteiger partial charge in [-0.1, -0.05) is 0 Å². The van der Waals surface area contributed by atoms with Crippen LogP contribution in [0.25, 0.3) is 0 Å². The summed E-state index contributed by atoms with van der Waals surface area (Å²) in [6, 6.07) is 0. The number of nitrogens with zero attached hydrogens (tertiary/aromatic N) is 4. The van der Waals surface area contributed by atoms with E-state index >= 15 is 0 Å². The Hall–Kier alpha value is -1.15. The van der Waals surface area contributed by atoms with Gasteiger partial charge in [-0.15, -0.1) is 0 Å². The molecule has 8 heteroatoms. The van der Waals surface area contributed by atoms with Crippen LogP contribution in [0, 0.1) is 0 Å². The summed E-state index contributed by atoms with van der Waals surface area (Å²) in [6.07, 6.45) is 2.16. The summed E-state index contributed by atoms with van der Waals surface area (Å²) >= 11 is 0. The van der Waals surface area contributed by atoms with Gasteiger partial charge < -0.3 is 9.42 Å². The van der Waals surface area contributed by atoms with Gasteiger partial charge in [-0.05, 0) is 24.4 Å². The monoisotopic (exact) mass is 272 g/mol. The molecule has 100 valence electrons. The largest absolute Gasteiger partial charge is 0.344 e. The van der Waals surface area contributed by atoms with Gasteiger partial charge in [0.15, 0.2) is 0 Å². The molecule has 3 rings (SSSR count). The minimum Gasteiger partial charge on any atom is -0.344 e. The Kier molecular flexibility index (Phi) is 2.43. The van der Waals surface area contributed by atoms with Gasteiger partial charge in [0.2, 0.25) is 15.9 Å². The predicted octanol–water partition coefficient (Wildman–Crippen LogP) is 0.160. The minimum atomic E-state index is -3.15. The van der Waals surface area contributed by atoms with Gasteiger partial charge in [-0.25, -0.2) is 8.42 Å². The molecule has 2 aliphatic rings. The highest BCUT2D eigenvalue weighted by Gasteiger charge is 2.57. The Labute approximate surface area is 106 Å². The molecule has 1 atom stereocenters. The number of hydrogen-bond donors (Lipinski definition) is 0. The molecule has 0 spiro atoms. The third-order valence-electron chi connectivity index (χ3n) is 3.75. The molecule has 0 N–H and O–H groups in total. The highest BCUT2D eigenvalue weighted by atomic mass is 32.2. The Bertz CT molecular complexity index is 567. The molecular weight excluding hydrogens is 256 g/mol. The lowest BCUT2D eigenvalue weighted by molar-refractivity contribution is 0.189. The maximum atomic E-state index is 12.0. The standard InChI is InChI=1S/C10H16N4O3S/c1-13(2)9-11-8(17-12-9)10-4-3-6-14(10)18(15,16)7-5-10/h3-7H2,1-2H3. The van der Waals surface area contributed by atoms with Gasteiger partial charge >= 0.3 is 0 Å². The van der Waals surface area contributed by atoms with E-state index < -0.39 is 15.6 Å². The van der Waals surface area contributed by atoms with E-state index in [2.05, 4.69) is 10.1 Å². The van der Waals surface area contributed by atoms with E-state index in [0.717, 1.165) is 12.8 Å². The molecule has 7 nitrogen and oxygen atoms in total. The van der Waals surface area contributed by atoms with Crippen LogP contribution < -0.4 is 4.90 Å².